The molecule has 15 heavy (non-hydrogen) atoms. The van der Waals surface area contributed by atoms with Gasteiger partial charge in [-0.25, -0.2) is 0 Å². The van der Waals surface area contributed by atoms with Crippen LogP contribution in [0.1, 0.15) is 5.76 Å². The van der Waals surface area contributed by atoms with Gasteiger partial charge in [0.1, 0.15) is 5.76 Å². The maximum absolute atomic E-state index is 6.04. The molecule has 0 spiro atoms. The molecule has 0 aliphatic heterocycles. The number of anilines is 1. The smallest absolute Gasteiger partial charge is 0.168 e. The van der Waals surface area contributed by atoms with Crippen molar-refractivity contribution in [1.82, 2.24) is 0 Å². The first-order chi connectivity index (χ1) is 7.06. The summed E-state index contributed by atoms with van der Waals surface area (Å²) in [5.41, 5.74) is 6.83. The largest absolute Gasteiger partial charge is 0.460 e. The first kappa shape index (κ1) is 10.3. The van der Waals surface area contributed by atoms with Crippen molar-refractivity contribution in [2.45, 2.75) is 6.92 Å². The number of nitrogens with two attached hydrogens (primary N) is 1. The molecule has 0 radical (unpaired) electrons. The van der Waals surface area contributed by atoms with E-state index in [1.54, 1.807) is 6.07 Å². The van der Waals surface area contributed by atoms with Crippen molar-refractivity contribution in [2.75, 3.05) is 5.32 Å². The number of halogens is 1. The number of hydrogen-bond acceptors (Lipinski definition) is 2. The van der Waals surface area contributed by atoms with Crippen LogP contribution in [0.15, 0.2) is 22.6 Å². The van der Waals surface area contributed by atoms with E-state index in [0.29, 0.717) is 10.6 Å². The SMILES string of the molecule is Cc1cc2cc(NC(N)=S)cc(Cl)c2o1. The lowest BCUT2D eigenvalue weighted by molar-refractivity contribution is 0.579. The summed E-state index contributed by atoms with van der Waals surface area (Å²) in [7, 11) is 0. The second-order valence-electron chi connectivity index (χ2n) is 3.22. The summed E-state index contributed by atoms with van der Waals surface area (Å²) in [4.78, 5) is 0. The van der Waals surface area contributed by atoms with Gasteiger partial charge in [0, 0.05) is 11.1 Å². The van der Waals surface area contributed by atoms with Crippen molar-refractivity contribution >= 4 is 45.6 Å². The van der Waals surface area contributed by atoms with E-state index in [1.165, 1.54) is 0 Å². The average Bonchev–Trinajstić information content (AvgIpc) is 2.44. The number of hydrogen-bond donors (Lipinski definition) is 2. The predicted molar refractivity (Wildman–Crippen MR) is 66.4 cm³/mol. The van der Waals surface area contributed by atoms with Crippen LogP contribution in [-0.4, -0.2) is 5.11 Å². The Morgan fingerprint density at radius 1 is 1.47 bits per heavy atom. The second kappa shape index (κ2) is 3.72. The number of nitrogens with one attached hydrogen (secondary N) is 1. The minimum Gasteiger partial charge on any atom is -0.460 e. The molecule has 1 heterocycles. The maximum Gasteiger partial charge on any atom is 0.168 e. The van der Waals surface area contributed by atoms with Crippen LogP contribution in [0.5, 0.6) is 0 Å². The topological polar surface area (TPSA) is 51.2 Å². The molecule has 2 aromatic rings. The third-order valence-electron chi connectivity index (χ3n) is 1.96. The molecule has 0 bridgehead atoms. The van der Waals surface area contributed by atoms with E-state index in [9.17, 15) is 0 Å². The van der Waals surface area contributed by atoms with Gasteiger partial charge in [0.05, 0.1) is 5.02 Å². The van der Waals surface area contributed by atoms with E-state index in [0.717, 1.165) is 16.8 Å². The van der Waals surface area contributed by atoms with E-state index in [-0.39, 0.29) is 5.11 Å². The molecule has 78 valence electrons. The van der Waals surface area contributed by atoms with Gasteiger partial charge < -0.3 is 15.5 Å². The van der Waals surface area contributed by atoms with Crippen molar-refractivity contribution in [2.24, 2.45) is 5.73 Å². The molecular formula is C10H9ClN2OS. The third-order valence-corrected chi connectivity index (χ3v) is 2.34. The molecule has 3 nitrogen and oxygen atoms in total. The van der Waals surface area contributed by atoms with Crippen molar-refractivity contribution < 1.29 is 4.42 Å². The van der Waals surface area contributed by atoms with Gasteiger partial charge in [-0.15, -0.1) is 0 Å². The summed E-state index contributed by atoms with van der Waals surface area (Å²) in [6.45, 7) is 1.87. The Bertz CT molecular complexity index is 535. The number of benzene rings is 1. The van der Waals surface area contributed by atoms with Gasteiger partial charge in [-0.1, -0.05) is 11.6 Å². The minimum absolute atomic E-state index is 0.214. The third kappa shape index (κ3) is 2.06. The first-order valence-electron chi connectivity index (χ1n) is 4.32. The van der Waals surface area contributed by atoms with E-state index in [1.807, 2.05) is 19.1 Å². The first-order valence-corrected chi connectivity index (χ1v) is 5.11. The monoisotopic (exact) mass is 240 g/mol. The molecule has 0 atom stereocenters. The standard InChI is InChI=1S/C10H9ClN2OS/c1-5-2-6-3-7(13-10(12)15)4-8(11)9(6)14-5/h2-4H,1H3,(H3,12,13,15). The quantitative estimate of drug-likeness (QED) is 0.753. The van der Waals surface area contributed by atoms with Crippen molar-refractivity contribution in [3.8, 4) is 0 Å². The lowest BCUT2D eigenvalue weighted by atomic mass is 10.2. The number of fused-ring (bicyclic) bond motifs is 1. The zero-order valence-electron chi connectivity index (χ0n) is 8.00. The highest BCUT2D eigenvalue weighted by atomic mass is 35.5. The number of aryl methyl sites for hydroxylation is 1. The maximum atomic E-state index is 6.04. The van der Waals surface area contributed by atoms with Crippen LogP contribution in [0.25, 0.3) is 11.0 Å². The van der Waals surface area contributed by atoms with Crippen LogP contribution >= 0.6 is 23.8 Å². The van der Waals surface area contributed by atoms with Crippen LogP contribution in [-0.2, 0) is 0 Å². The zero-order chi connectivity index (χ0) is 11.0. The summed E-state index contributed by atoms with van der Waals surface area (Å²) >= 11 is 10.8. The van der Waals surface area contributed by atoms with Gasteiger partial charge in [0.2, 0.25) is 0 Å². The highest BCUT2D eigenvalue weighted by molar-refractivity contribution is 7.80. The molecule has 0 saturated carbocycles. The molecule has 0 saturated heterocycles. The van der Waals surface area contributed by atoms with Gasteiger partial charge in [0.25, 0.3) is 0 Å². The van der Waals surface area contributed by atoms with Gasteiger partial charge in [-0.05, 0) is 37.3 Å². The Balaban J connectivity index is 2.56. The van der Waals surface area contributed by atoms with Crippen LogP contribution in [0.3, 0.4) is 0 Å². The highest BCUT2D eigenvalue weighted by Gasteiger charge is 2.07. The van der Waals surface area contributed by atoms with E-state index in [4.69, 9.17) is 34.0 Å². The molecule has 0 amide bonds. The summed E-state index contributed by atoms with van der Waals surface area (Å²) in [6, 6.07) is 5.52. The lowest BCUT2D eigenvalue weighted by Gasteiger charge is -2.03. The Kier molecular flexibility index (Phi) is 2.54. The summed E-state index contributed by atoms with van der Waals surface area (Å²) in [5.74, 6) is 0.819. The van der Waals surface area contributed by atoms with Gasteiger partial charge in [0.15, 0.2) is 10.7 Å². The molecule has 0 fully saturated rings. The summed E-state index contributed by atoms with van der Waals surface area (Å²) < 4.78 is 5.43. The zero-order valence-corrected chi connectivity index (χ0v) is 9.58. The van der Waals surface area contributed by atoms with Gasteiger partial charge in [-0.3, -0.25) is 0 Å². The fourth-order valence-corrected chi connectivity index (χ4v) is 1.84. The number of thiocarbonyl (C=S) groups is 1. The van der Waals surface area contributed by atoms with Crippen LogP contribution < -0.4 is 11.1 Å². The molecule has 1 aromatic carbocycles. The Labute approximate surface area is 97.2 Å². The molecule has 0 aliphatic rings. The molecular weight excluding hydrogens is 232 g/mol. The van der Waals surface area contributed by atoms with Crippen LogP contribution in [0, 0.1) is 6.92 Å². The molecule has 3 N–H and O–H groups in total. The van der Waals surface area contributed by atoms with Crippen molar-refractivity contribution in [3.05, 3.63) is 29.0 Å². The average molecular weight is 241 g/mol. The predicted octanol–water partition coefficient (Wildman–Crippen LogP) is 3.05. The van der Waals surface area contributed by atoms with Crippen LogP contribution in [0.2, 0.25) is 5.02 Å². The van der Waals surface area contributed by atoms with E-state index >= 15 is 0 Å². The molecule has 1 aromatic heterocycles. The van der Waals surface area contributed by atoms with Gasteiger partial charge in [-0.2, -0.15) is 0 Å². The molecule has 5 heteroatoms. The van der Waals surface area contributed by atoms with Crippen molar-refractivity contribution in [3.63, 3.8) is 0 Å². The van der Waals surface area contributed by atoms with E-state index in [2.05, 4.69) is 5.32 Å². The summed E-state index contributed by atoms with van der Waals surface area (Å²) in [5, 5.41) is 4.51. The normalized spacial score (nSPS) is 10.5. The fourth-order valence-electron chi connectivity index (χ4n) is 1.45. The molecule has 0 unspecified atom stereocenters. The number of furan rings is 1. The Hall–Kier alpha value is -1.26. The second-order valence-corrected chi connectivity index (χ2v) is 4.07. The molecule has 2 rings (SSSR count). The van der Waals surface area contributed by atoms with Crippen molar-refractivity contribution in [1.29, 1.82) is 0 Å². The Morgan fingerprint density at radius 3 is 2.87 bits per heavy atom. The molecule has 0 aliphatic carbocycles. The lowest BCUT2D eigenvalue weighted by Crippen LogP contribution is -2.18. The Morgan fingerprint density at radius 2 is 2.20 bits per heavy atom. The fraction of sp³-hybridized carbons (Fsp3) is 0.100. The highest BCUT2D eigenvalue weighted by Crippen LogP contribution is 2.30. The van der Waals surface area contributed by atoms with Gasteiger partial charge >= 0.3 is 0 Å². The van der Waals surface area contributed by atoms with E-state index < -0.39 is 0 Å². The number of rotatable bonds is 1. The van der Waals surface area contributed by atoms with Crippen LogP contribution in [0.4, 0.5) is 5.69 Å². The summed E-state index contributed by atoms with van der Waals surface area (Å²) in [6.07, 6.45) is 0. The minimum atomic E-state index is 0.214.